The Morgan fingerprint density at radius 2 is 1.44 bits per heavy atom. The van der Waals surface area contributed by atoms with Crippen LogP contribution in [0.3, 0.4) is 0 Å². The molecule has 130 valence electrons. The number of fused-ring (bicyclic) bond motifs is 1. The summed E-state index contributed by atoms with van der Waals surface area (Å²) in [6, 6.07) is 28.0. The fourth-order valence-electron chi connectivity index (χ4n) is 3.96. The van der Waals surface area contributed by atoms with E-state index in [4.69, 9.17) is 4.42 Å². The van der Waals surface area contributed by atoms with Gasteiger partial charge in [-0.2, -0.15) is 0 Å². The van der Waals surface area contributed by atoms with Crippen LogP contribution in [0.15, 0.2) is 89.5 Å². The van der Waals surface area contributed by atoms with Crippen LogP contribution in [0, 0.1) is 6.92 Å². The van der Waals surface area contributed by atoms with E-state index in [9.17, 15) is 0 Å². The Bertz CT molecular complexity index is 1130. The minimum absolute atomic E-state index is 0.917. The first-order valence-corrected chi connectivity index (χ1v) is 9.32. The van der Waals surface area contributed by atoms with Crippen molar-refractivity contribution in [1.29, 1.82) is 0 Å². The van der Waals surface area contributed by atoms with Gasteiger partial charge in [-0.3, -0.25) is 0 Å². The van der Waals surface area contributed by atoms with Crippen LogP contribution < -0.4 is 0 Å². The molecule has 0 bridgehead atoms. The zero-order valence-corrected chi connectivity index (χ0v) is 15.3. The minimum Gasteiger partial charge on any atom is -0.464 e. The van der Waals surface area contributed by atoms with Crippen molar-refractivity contribution < 1.29 is 4.42 Å². The molecule has 0 spiro atoms. The molecule has 5 rings (SSSR count). The lowest BCUT2D eigenvalue weighted by molar-refractivity contribution is 0.550. The standard InChI is InChI=1S/C26H20O/c1-18-14-15-27-26(18)23-16-22-8-5-9-24(25(22)17-23)21-12-10-20(11-13-21)19-6-3-2-4-7-19/h2-16H,17H2,1H3. The molecule has 1 heterocycles. The molecule has 0 fully saturated rings. The number of hydrogen-bond acceptors (Lipinski definition) is 1. The second kappa shape index (κ2) is 6.44. The van der Waals surface area contributed by atoms with Gasteiger partial charge in [-0.1, -0.05) is 72.8 Å². The molecule has 0 saturated carbocycles. The maximum Gasteiger partial charge on any atom is 0.133 e. The fraction of sp³-hybridized carbons (Fsp3) is 0.0769. The summed E-state index contributed by atoms with van der Waals surface area (Å²) in [4.78, 5) is 0. The molecule has 1 heteroatoms. The summed E-state index contributed by atoms with van der Waals surface area (Å²) in [7, 11) is 0. The molecule has 0 aliphatic heterocycles. The van der Waals surface area contributed by atoms with Gasteiger partial charge >= 0.3 is 0 Å². The molecule has 1 aliphatic carbocycles. The van der Waals surface area contributed by atoms with Gasteiger partial charge in [0.25, 0.3) is 0 Å². The summed E-state index contributed by atoms with van der Waals surface area (Å²) in [5.74, 6) is 1.01. The smallest absolute Gasteiger partial charge is 0.133 e. The minimum atomic E-state index is 0.917. The van der Waals surface area contributed by atoms with Crippen molar-refractivity contribution in [3.05, 3.63) is 108 Å². The fourth-order valence-corrected chi connectivity index (χ4v) is 3.96. The molecule has 0 saturated heterocycles. The highest BCUT2D eigenvalue weighted by Gasteiger charge is 2.20. The summed E-state index contributed by atoms with van der Waals surface area (Å²) < 4.78 is 5.72. The summed E-state index contributed by atoms with van der Waals surface area (Å²) in [5, 5.41) is 0. The van der Waals surface area contributed by atoms with Crippen molar-refractivity contribution in [2.24, 2.45) is 0 Å². The Labute approximate surface area is 159 Å². The van der Waals surface area contributed by atoms with Gasteiger partial charge in [0, 0.05) is 12.0 Å². The average molecular weight is 348 g/mol. The van der Waals surface area contributed by atoms with E-state index in [1.54, 1.807) is 6.26 Å². The van der Waals surface area contributed by atoms with E-state index in [0.29, 0.717) is 0 Å². The zero-order valence-electron chi connectivity index (χ0n) is 15.3. The zero-order chi connectivity index (χ0) is 18.2. The lowest BCUT2D eigenvalue weighted by Gasteiger charge is -2.10. The van der Waals surface area contributed by atoms with Crippen LogP contribution in [0.5, 0.6) is 0 Å². The quantitative estimate of drug-likeness (QED) is 0.388. The predicted molar refractivity (Wildman–Crippen MR) is 112 cm³/mol. The van der Waals surface area contributed by atoms with E-state index in [-0.39, 0.29) is 0 Å². The lowest BCUT2D eigenvalue weighted by Crippen LogP contribution is -1.91. The molecule has 0 radical (unpaired) electrons. The summed E-state index contributed by atoms with van der Waals surface area (Å²) >= 11 is 0. The van der Waals surface area contributed by atoms with Crippen LogP contribution in [0.2, 0.25) is 0 Å². The second-order valence-corrected chi connectivity index (χ2v) is 7.10. The van der Waals surface area contributed by atoms with E-state index in [1.807, 2.05) is 6.07 Å². The largest absolute Gasteiger partial charge is 0.464 e. The third kappa shape index (κ3) is 2.82. The van der Waals surface area contributed by atoms with Crippen molar-refractivity contribution in [3.63, 3.8) is 0 Å². The Balaban J connectivity index is 1.50. The first-order valence-electron chi connectivity index (χ1n) is 9.32. The number of hydrogen-bond donors (Lipinski definition) is 0. The monoisotopic (exact) mass is 348 g/mol. The highest BCUT2D eigenvalue weighted by molar-refractivity contribution is 5.91. The Hall–Kier alpha value is -3.32. The van der Waals surface area contributed by atoms with E-state index in [0.717, 1.165) is 12.2 Å². The van der Waals surface area contributed by atoms with Crippen LogP contribution in [0.25, 0.3) is 33.9 Å². The summed E-state index contributed by atoms with van der Waals surface area (Å²) in [6.45, 7) is 2.10. The van der Waals surface area contributed by atoms with Gasteiger partial charge in [-0.05, 0) is 58.0 Å². The van der Waals surface area contributed by atoms with E-state index < -0.39 is 0 Å². The highest BCUT2D eigenvalue weighted by Crippen LogP contribution is 2.39. The van der Waals surface area contributed by atoms with Crippen LogP contribution in [0.4, 0.5) is 0 Å². The van der Waals surface area contributed by atoms with Crippen molar-refractivity contribution in [2.75, 3.05) is 0 Å². The topological polar surface area (TPSA) is 13.1 Å². The molecular formula is C26H20O. The molecule has 0 atom stereocenters. The SMILES string of the molecule is Cc1ccoc1C1=Cc2cccc(-c3ccc(-c4ccccc4)cc3)c2C1. The van der Waals surface area contributed by atoms with E-state index >= 15 is 0 Å². The molecule has 1 aromatic heterocycles. The van der Waals surface area contributed by atoms with Crippen LogP contribution in [-0.2, 0) is 6.42 Å². The molecule has 4 aromatic rings. The summed E-state index contributed by atoms with van der Waals surface area (Å²) in [5.41, 5.74) is 10.2. The van der Waals surface area contributed by atoms with Gasteiger partial charge in [0.1, 0.15) is 5.76 Å². The molecule has 3 aromatic carbocycles. The van der Waals surface area contributed by atoms with Gasteiger partial charge in [0.15, 0.2) is 0 Å². The number of rotatable bonds is 3. The third-order valence-electron chi connectivity index (χ3n) is 5.37. The third-order valence-corrected chi connectivity index (χ3v) is 5.37. The second-order valence-electron chi connectivity index (χ2n) is 7.10. The summed E-state index contributed by atoms with van der Waals surface area (Å²) in [6.07, 6.45) is 4.96. The number of benzene rings is 3. The van der Waals surface area contributed by atoms with Gasteiger partial charge in [-0.25, -0.2) is 0 Å². The Kier molecular flexibility index (Phi) is 3.79. The first kappa shape index (κ1) is 15.9. The van der Waals surface area contributed by atoms with Crippen molar-refractivity contribution in [3.8, 4) is 22.3 Å². The van der Waals surface area contributed by atoms with Crippen molar-refractivity contribution in [2.45, 2.75) is 13.3 Å². The molecule has 0 amide bonds. The number of furan rings is 1. The number of allylic oxidation sites excluding steroid dienone is 1. The molecule has 0 N–H and O–H groups in total. The molecule has 27 heavy (non-hydrogen) atoms. The maximum absolute atomic E-state index is 5.72. The van der Waals surface area contributed by atoms with Crippen LogP contribution >= 0.6 is 0 Å². The highest BCUT2D eigenvalue weighted by atomic mass is 16.3. The molecule has 0 unspecified atom stereocenters. The van der Waals surface area contributed by atoms with Gasteiger partial charge in [0.05, 0.1) is 6.26 Å². The molecule has 1 nitrogen and oxygen atoms in total. The van der Waals surface area contributed by atoms with Crippen LogP contribution in [-0.4, -0.2) is 0 Å². The van der Waals surface area contributed by atoms with Crippen molar-refractivity contribution >= 4 is 11.6 Å². The average Bonchev–Trinajstić information content (AvgIpc) is 3.34. The molecule has 1 aliphatic rings. The van der Waals surface area contributed by atoms with Crippen LogP contribution in [0.1, 0.15) is 22.5 Å². The van der Waals surface area contributed by atoms with E-state index in [2.05, 4.69) is 85.8 Å². The lowest BCUT2D eigenvalue weighted by atomic mass is 9.94. The maximum atomic E-state index is 5.72. The van der Waals surface area contributed by atoms with E-state index in [1.165, 1.54) is 44.5 Å². The Morgan fingerprint density at radius 3 is 2.19 bits per heavy atom. The Morgan fingerprint density at radius 1 is 0.704 bits per heavy atom. The van der Waals surface area contributed by atoms with Gasteiger partial charge in [-0.15, -0.1) is 0 Å². The van der Waals surface area contributed by atoms with Gasteiger partial charge < -0.3 is 4.42 Å². The molecular weight excluding hydrogens is 328 g/mol. The predicted octanol–water partition coefficient (Wildman–Crippen LogP) is 7.02. The first-order chi connectivity index (χ1) is 13.3. The van der Waals surface area contributed by atoms with Crippen molar-refractivity contribution in [1.82, 2.24) is 0 Å². The van der Waals surface area contributed by atoms with Gasteiger partial charge in [0.2, 0.25) is 0 Å². The number of aryl methyl sites for hydroxylation is 1. The normalized spacial score (nSPS) is 12.7.